The fourth-order valence-electron chi connectivity index (χ4n) is 1.45. The minimum Gasteiger partial charge on any atom is -0.385 e. The number of methoxy groups -OCH3 is 1. The molecule has 0 aromatic heterocycles. The fraction of sp³-hybridized carbons (Fsp3) is 0.357. The molecule has 4 heteroatoms. The summed E-state index contributed by atoms with van der Waals surface area (Å²) in [7, 11) is 3.46. The molecule has 1 rings (SSSR count). The molecule has 0 aliphatic rings. The molecule has 0 aliphatic heterocycles. The number of hydrogen-bond donors (Lipinski definition) is 0. The number of benzene rings is 1. The first-order valence-corrected chi connectivity index (χ1v) is 6.61. The van der Waals surface area contributed by atoms with Gasteiger partial charge in [0.15, 0.2) is 0 Å². The number of carbonyl (C=O) groups excluding carboxylic acids is 1. The molecule has 1 aromatic carbocycles. The summed E-state index contributed by atoms with van der Waals surface area (Å²) in [5.41, 5.74) is 0.996. The molecule has 0 bridgehead atoms. The highest BCUT2D eigenvalue weighted by atomic mass is 79.9. The van der Waals surface area contributed by atoms with Gasteiger partial charge in [-0.3, -0.25) is 4.79 Å². The van der Waals surface area contributed by atoms with Crippen LogP contribution in [-0.4, -0.2) is 38.1 Å². The number of nitrogens with zero attached hydrogens (tertiary/aromatic N) is 1. The fourth-order valence-corrected chi connectivity index (χ4v) is 1.87. The molecule has 1 amide bonds. The standard InChI is InChI=1S/C14H18BrNO2/c1-16(10-5-11-18-2)14(17)9-8-12-6-3-4-7-13(12)15/h3-4,6-9H,5,10-11H2,1-2H3/b9-8+. The van der Waals surface area contributed by atoms with E-state index in [1.165, 1.54) is 0 Å². The van der Waals surface area contributed by atoms with Gasteiger partial charge in [-0.25, -0.2) is 0 Å². The van der Waals surface area contributed by atoms with Gasteiger partial charge in [0.25, 0.3) is 0 Å². The first kappa shape index (κ1) is 14.9. The third-order valence-electron chi connectivity index (χ3n) is 2.53. The maximum Gasteiger partial charge on any atom is 0.246 e. The molecule has 0 fully saturated rings. The summed E-state index contributed by atoms with van der Waals surface area (Å²) >= 11 is 3.44. The number of hydrogen-bond acceptors (Lipinski definition) is 2. The van der Waals surface area contributed by atoms with Gasteiger partial charge < -0.3 is 9.64 Å². The van der Waals surface area contributed by atoms with E-state index in [1.54, 1.807) is 25.1 Å². The van der Waals surface area contributed by atoms with E-state index in [1.807, 2.05) is 30.3 Å². The van der Waals surface area contributed by atoms with Crippen molar-refractivity contribution in [3.8, 4) is 0 Å². The van der Waals surface area contributed by atoms with Crippen LogP contribution < -0.4 is 0 Å². The Kier molecular flexibility index (Phi) is 6.68. The van der Waals surface area contributed by atoms with Crippen molar-refractivity contribution in [1.29, 1.82) is 0 Å². The molecule has 0 atom stereocenters. The van der Waals surface area contributed by atoms with Crippen molar-refractivity contribution in [2.75, 3.05) is 27.3 Å². The van der Waals surface area contributed by atoms with Crippen LogP contribution in [-0.2, 0) is 9.53 Å². The summed E-state index contributed by atoms with van der Waals surface area (Å²) in [5, 5.41) is 0. The monoisotopic (exact) mass is 311 g/mol. The van der Waals surface area contributed by atoms with E-state index in [-0.39, 0.29) is 5.91 Å². The zero-order chi connectivity index (χ0) is 13.4. The molecule has 18 heavy (non-hydrogen) atoms. The smallest absolute Gasteiger partial charge is 0.246 e. The zero-order valence-electron chi connectivity index (χ0n) is 10.7. The second-order valence-electron chi connectivity index (χ2n) is 3.96. The van der Waals surface area contributed by atoms with Crippen molar-refractivity contribution in [2.24, 2.45) is 0 Å². The lowest BCUT2D eigenvalue weighted by atomic mass is 10.2. The van der Waals surface area contributed by atoms with Gasteiger partial charge in [0.2, 0.25) is 5.91 Å². The highest BCUT2D eigenvalue weighted by molar-refractivity contribution is 9.10. The Labute approximate surface area is 117 Å². The Balaban J connectivity index is 2.51. The van der Waals surface area contributed by atoms with Gasteiger partial charge >= 0.3 is 0 Å². The second-order valence-corrected chi connectivity index (χ2v) is 4.82. The van der Waals surface area contributed by atoms with Gasteiger partial charge in [-0.05, 0) is 24.1 Å². The van der Waals surface area contributed by atoms with E-state index in [4.69, 9.17) is 4.74 Å². The highest BCUT2D eigenvalue weighted by Crippen LogP contribution is 2.17. The lowest BCUT2D eigenvalue weighted by Crippen LogP contribution is -2.26. The predicted molar refractivity (Wildman–Crippen MR) is 77.3 cm³/mol. The molecule has 0 radical (unpaired) electrons. The number of amides is 1. The largest absolute Gasteiger partial charge is 0.385 e. The SMILES string of the molecule is COCCCN(C)C(=O)/C=C/c1ccccc1Br. The van der Waals surface area contributed by atoms with E-state index in [0.717, 1.165) is 16.5 Å². The Morgan fingerprint density at radius 2 is 2.17 bits per heavy atom. The van der Waals surface area contributed by atoms with Crippen LogP contribution in [0.4, 0.5) is 0 Å². The summed E-state index contributed by atoms with van der Waals surface area (Å²) in [6.45, 7) is 1.37. The van der Waals surface area contributed by atoms with Crippen molar-refractivity contribution in [3.63, 3.8) is 0 Å². The van der Waals surface area contributed by atoms with Crippen LogP contribution >= 0.6 is 15.9 Å². The Morgan fingerprint density at radius 1 is 1.44 bits per heavy atom. The topological polar surface area (TPSA) is 29.5 Å². The maximum atomic E-state index is 11.8. The Morgan fingerprint density at radius 3 is 2.83 bits per heavy atom. The molecule has 0 unspecified atom stereocenters. The van der Waals surface area contributed by atoms with Crippen molar-refractivity contribution in [2.45, 2.75) is 6.42 Å². The van der Waals surface area contributed by atoms with Gasteiger partial charge in [-0.15, -0.1) is 0 Å². The average molecular weight is 312 g/mol. The van der Waals surface area contributed by atoms with E-state index >= 15 is 0 Å². The van der Waals surface area contributed by atoms with Crippen molar-refractivity contribution < 1.29 is 9.53 Å². The van der Waals surface area contributed by atoms with Crippen LogP contribution in [0.15, 0.2) is 34.8 Å². The van der Waals surface area contributed by atoms with E-state index in [2.05, 4.69) is 15.9 Å². The number of carbonyl (C=O) groups is 1. The first-order valence-electron chi connectivity index (χ1n) is 5.82. The molecule has 3 nitrogen and oxygen atoms in total. The third kappa shape index (κ3) is 5.02. The Hall–Kier alpha value is -1.13. The van der Waals surface area contributed by atoms with Crippen LogP contribution in [0.5, 0.6) is 0 Å². The van der Waals surface area contributed by atoms with E-state index in [0.29, 0.717) is 13.2 Å². The quantitative estimate of drug-likeness (QED) is 0.597. The summed E-state index contributed by atoms with van der Waals surface area (Å²) in [4.78, 5) is 13.5. The molecule has 1 aromatic rings. The highest BCUT2D eigenvalue weighted by Gasteiger charge is 2.04. The van der Waals surface area contributed by atoms with Gasteiger partial charge in [0.05, 0.1) is 0 Å². The minimum atomic E-state index is 0.00172. The van der Waals surface area contributed by atoms with Crippen LogP contribution in [0.25, 0.3) is 6.08 Å². The summed E-state index contributed by atoms with van der Waals surface area (Å²) in [6.07, 6.45) is 4.26. The molecule has 0 heterocycles. The number of rotatable bonds is 6. The minimum absolute atomic E-state index is 0.00172. The normalized spacial score (nSPS) is 10.8. The molecule has 0 N–H and O–H groups in total. The van der Waals surface area contributed by atoms with Crippen molar-refractivity contribution in [1.82, 2.24) is 4.90 Å². The van der Waals surface area contributed by atoms with Crippen LogP contribution in [0.2, 0.25) is 0 Å². The average Bonchev–Trinajstić information content (AvgIpc) is 2.37. The van der Waals surface area contributed by atoms with Crippen molar-refractivity contribution in [3.05, 3.63) is 40.4 Å². The van der Waals surface area contributed by atoms with Crippen LogP contribution in [0.3, 0.4) is 0 Å². The molecule has 98 valence electrons. The Bertz CT molecular complexity index is 418. The van der Waals surface area contributed by atoms with Gasteiger partial charge in [0.1, 0.15) is 0 Å². The van der Waals surface area contributed by atoms with E-state index in [9.17, 15) is 4.79 Å². The molecule has 0 spiro atoms. The van der Waals surface area contributed by atoms with Crippen molar-refractivity contribution >= 4 is 27.9 Å². The lowest BCUT2D eigenvalue weighted by molar-refractivity contribution is -0.124. The summed E-state index contributed by atoms with van der Waals surface area (Å²) in [6, 6.07) is 7.79. The van der Waals surface area contributed by atoms with Crippen LogP contribution in [0.1, 0.15) is 12.0 Å². The lowest BCUT2D eigenvalue weighted by Gasteiger charge is -2.14. The second kappa shape index (κ2) is 8.06. The summed E-state index contributed by atoms with van der Waals surface area (Å²) in [5.74, 6) is 0.00172. The zero-order valence-corrected chi connectivity index (χ0v) is 12.3. The maximum absolute atomic E-state index is 11.8. The number of ether oxygens (including phenoxy) is 1. The summed E-state index contributed by atoms with van der Waals surface area (Å²) < 4.78 is 5.94. The first-order chi connectivity index (χ1) is 8.65. The van der Waals surface area contributed by atoms with Gasteiger partial charge in [-0.1, -0.05) is 34.1 Å². The third-order valence-corrected chi connectivity index (χ3v) is 3.25. The van der Waals surface area contributed by atoms with Crippen LogP contribution in [0, 0.1) is 0 Å². The van der Waals surface area contributed by atoms with E-state index < -0.39 is 0 Å². The molecular formula is C14H18BrNO2. The number of likely N-dealkylation sites (N-methyl/N-ethyl adjacent to an activating group) is 1. The van der Waals surface area contributed by atoms with Gasteiger partial charge in [-0.2, -0.15) is 0 Å². The molecular weight excluding hydrogens is 294 g/mol. The molecule has 0 saturated heterocycles. The molecule has 0 aliphatic carbocycles. The molecule has 0 saturated carbocycles. The van der Waals surface area contributed by atoms with Gasteiger partial charge in [0, 0.05) is 37.9 Å². The predicted octanol–water partition coefficient (Wildman–Crippen LogP) is 2.96. The number of halogens is 1.